The highest BCUT2D eigenvalue weighted by Gasteiger charge is 2.28. The Kier molecular flexibility index (Phi) is 7.58. The van der Waals surface area contributed by atoms with Gasteiger partial charge < -0.3 is 15.1 Å². The molecule has 0 spiro atoms. The third-order valence-corrected chi connectivity index (χ3v) is 6.18. The standard InChI is InChI=1S/C19H28N2OSi/c1-7-16(3)20-14-18(15-21-17(4)8-2)22-23(5,6)19-12-10-9-11-13-19/h7-13,18,20-21H,1-4,14-15H2,5-6H3. The van der Waals surface area contributed by atoms with Crippen LogP contribution in [0.4, 0.5) is 0 Å². The summed E-state index contributed by atoms with van der Waals surface area (Å²) in [6, 6.07) is 10.4. The van der Waals surface area contributed by atoms with E-state index in [1.807, 2.05) is 6.07 Å². The molecule has 0 heterocycles. The number of hydrogen-bond acceptors (Lipinski definition) is 3. The minimum absolute atomic E-state index is 0.00901. The largest absolute Gasteiger partial charge is 0.406 e. The molecular weight excluding hydrogens is 300 g/mol. The van der Waals surface area contributed by atoms with Crippen LogP contribution in [0.15, 0.2) is 80.2 Å². The molecule has 1 aromatic rings. The molecule has 0 atom stereocenters. The fraction of sp³-hybridized carbons (Fsp3) is 0.263. The predicted octanol–water partition coefficient (Wildman–Crippen LogP) is 3.06. The maximum Gasteiger partial charge on any atom is 0.218 e. The Morgan fingerprint density at radius 1 is 1.04 bits per heavy atom. The molecule has 0 saturated heterocycles. The van der Waals surface area contributed by atoms with Crippen LogP contribution in [0.3, 0.4) is 0 Å². The van der Waals surface area contributed by atoms with Gasteiger partial charge in [-0.2, -0.15) is 0 Å². The van der Waals surface area contributed by atoms with Crippen molar-refractivity contribution in [2.45, 2.75) is 19.2 Å². The summed E-state index contributed by atoms with van der Waals surface area (Å²) in [5, 5.41) is 7.75. The lowest BCUT2D eigenvalue weighted by atomic mass is 10.3. The van der Waals surface area contributed by atoms with Crippen molar-refractivity contribution in [3.63, 3.8) is 0 Å². The van der Waals surface area contributed by atoms with E-state index >= 15 is 0 Å². The van der Waals surface area contributed by atoms with Crippen LogP contribution in [0.5, 0.6) is 0 Å². The molecule has 0 saturated carbocycles. The average Bonchev–Trinajstić information content (AvgIpc) is 2.57. The van der Waals surface area contributed by atoms with Crippen molar-refractivity contribution in [3.05, 3.63) is 80.2 Å². The molecule has 0 bridgehead atoms. The molecule has 0 aliphatic heterocycles. The molecular formula is C19H28N2OSi. The number of hydrogen-bond donors (Lipinski definition) is 2. The van der Waals surface area contributed by atoms with Crippen LogP contribution in [-0.2, 0) is 4.43 Å². The first kappa shape index (κ1) is 19.0. The zero-order valence-corrected chi connectivity index (χ0v) is 15.3. The molecule has 1 rings (SSSR count). The van der Waals surface area contributed by atoms with Crippen molar-refractivity contribution in [1.29, 1.82) is 0 Å². The van der Waals surface area contributed by atoms with Gasteiger partial charge in [-0.3, -0.25) is 0 Å². The molecule has 4 heteroatoms. The SMILES string of the molecule is C=CC(=C)NCC(CNC(=C)C=C)O[Si](C)(C)c1ccccc1. The fourth-order valence-electron chi connectivity index (χ4n) is 2.11. The third-order valence-electron chi connectivity index (χ3n) is 3.54. The zero-order chi connectivity index (χ0) is 17.3. The second-order valence-electron chi connectivity index (χ2n) is 5.84. The summed E-state index contributed by atoms with van der Waals surface area (Å²) < 4.78 is 6.48. The van der Waals surface area contributed by atoms with Gasteiger partial charge in [0.2, 0.25) is 8.32 Å². The Morgan fingerprint density at radius 2 is 1.52 bits per heavy atom. The van der Waals surface area contributed by atoms with E-state index in [2.05, 4.69) is 74.3 Å². The van der Waals surface area contributed by atoms with Crippen molar-refractivity contribution in [1.82, 2.24) is 10.6 Å². The molecule has 2 N–H and O–H groups in total. The van der Waals surface area contributed by atoms with Crippen LogP contribution in [0.1, 0.15) is 0 Å². The molecule has 0 fully saturated rings. The molecule has 124 valence electrons. The van der Waals surface area contributed by atoms with Crippen molar-refractivity contribution >= 4 is 13.5 Å². The van der Waals surface area contributed by atoms with Crippen molar-refractivity contribution in [3.8, 4) is 0 Å². The van der Waals surface area contributed by atoms with Crippen LogP contribution in [-0.4, -0.2) is 27.5 Å². The molecule has 0 aromatic heterocycles. The van der Waals surface area contributed by atoms with Gasteiger partial charge in [0.25, 0.3) is 0 Å². The van der Waals surface area contributed by atoms with Gasteiger partial charge in [0, 0.05) is 24.5 Å². The summed E-state index contributed by atoms with van der Waals surface area (Å²) in [7, 11) is -2.00. The van der Waals surface area contributed by atoms with E-state index in [1.54, 1.807) is 12.2 Å². The molecule has 0 amide bonds. The summed E-state index contributed by atoms with van der Waals surface area (Å²) >= 11 is 0. The summed E-state index contributed by atoms with van der Waals surface area (Å²) in [4.78, 5) is 0. The van der Waals surface area contributed by atoms with Crippen molar-refractivity contribution in [2.24, 2.45) is 0 Å². The van der Waals surface area contributed by atoms with Gasteiger partial charge in [0.15, 0.2) is 0 Å². The van der Waals surface area contributed by atoms with E-state index < -0.39 is 8.32 Å². The lowest BCUT2D eigenvalue weighted by Gasteiger charge is -2.30. The lowest BCUT2D eigenvalue weighted by Crippen LogP contribution is -2.51. The summed E-state index contributed by atoms with van der Waals surface area (Å²) in [6.45, 7) is 20.9. The quantitative estimate of drug-likeness (QED) is 0.484. The summed E-state index contributed by atoms with van der Waals surface area (Å²) in [5.41, 5.74) is 1.58. The van der Waals surface area contributed by atoms with Gasteiger partial charge >= 0.3 is 0 Å². The third kappa shape index (κ3) is 6.71. The summed E-state index contributed by atoms with van der Waals surface area (Å²) in [5.74, 6) is 0. The molecule has 0 unspecified atom stereocenters. The van der Waals surface area contributed by atoms with Gasteiger partial charge in [-0.15, -0.1) is 0 Å². The van der Waals surface area contributed by atoms with E-state index in [-0.39, 0.29) is 6.10 Å². The molecule has 0 radical (unpaired) electrons. The monoisotopic (exact) mass is 328 g/mol. The number of allylic oxidation sites excluding steroid dienone is 2. The molecule has 23 heavy (non-hydrogen) atoms. The molecule has 3 nitrogen and oxygen atoms in total. The Balaban J connectivity index is 2.76. The van der Waals surface area contributed by atoms with Crippen molar-refractivity contribution < 1.29 is 4.43 Å². The van der Waals surface area contributed by atoms with Gasteiger partial charge in [0.05, 0.1) is 6.10 Å². The lowest BCUT2D eigenvalue weighted by molar-refractivity contribution is 0.197. The zero-order valence-electron chi connectivity index (χ0n) is 14.3. The fourth-order valence-corrected chi connectivity index (χ4v) is 4.25. The molecule has 1 aromatic carbocycles. The topological polar surface area (TPSA) is 33.3 Å². The first-order valence-corrected chi connectivity index (χ1v) is 10.6. The van der Waals surface area contributed by atoms with E-state index in [0.717, 1.165) is 11.4 Å². The predicted molar refractivity (Wildman–Crippen MR) is 103 cm³/mol. The normalized spacial score (nSPS) is 10.9. The van der Waals surface area contributed by atoms with E-state index in [9.17, 15) is 0 Å². The van der Waals surface area contributed by atoms with Crippen LogP contribution in [0, 0.1) is 0 Å². The highest BCUT2D eigenvalue weighted by Crippen LogP contribution is 2.09. The highest BCUT2D eigenvalue weighted by atomic mass is 28.4. The van der Waals surface area contributed by atoms with E-state index in [4.69, 9.17) is 4.43 Å². The number of rotatable bonds is 11. The van der Waals surface area contributed by atoms with Gasteiger partial charge in [0.1, 0.15) is 0 Å². The maximum absolute atomic E-state index is 6.48. The van der Waals surface area contributed by atoms with Crippen LogP contribution >= 0.6 is 0 Å². The minimum atomic E-state index is -2.00. The van der Waals surface area contributed by atoms with Crippen LogP contribution < -0.4 is 15.8 Å². The Hall–Kier alpha value is -2.04. The van der Waals surface area contributed by atoms with Crippen LogP contribution in [0.25, 0.3) is 0 Å². The minimum Gasteiger partial charge on any atom is -0.406 e. The smallest absolute Gasteiger partial charge is 0.218 e. The van der Waals surface area contributed by atoms with E-state index in [0.29, 0.717) is 13.1 Å². The maximum atomic E-state index is 6.48. The molecule has 0 aliphatic rings. The highest BCUT2D eigenvalue weighted by molar-refractivity contribution is 6.84. The second kappa shape index (κ2) is 9.18. The Labute approximate surface area is 141 Å². The second-order valence-corrected chi connectivity index (χ2v) is 9.67. The van der Waals surface area contributed by atoms with Crippen LogP contribution in [0.2, 0.25) is 13.1 Å². The Morgan fingerprint density at radius 3 is 1.96 bits per heavy atom. The number of benzene rings is 1. The summed E-state index contributed by atoms with van der Waals surface area (Å²) in [6.07, 6.45) is 3.39. The Bertz CT molecular complexity index is 528. The first-order chi connectivity index (χ1) is 10.9. The number of nitrogens with one attached hydrogen (secondary N) is 2. The van der Waals surface area contributed by atoms with Gasteiger partial charge in [-0.05, 0) is 30.4 Å². The first-order valence-electron chi connectivity index (χ1n) is 7.73. The molecule has 0 aliphatic carbocycles. The van der Waals surface area contributed by atoms with E-state index in [1.165, 1.54) is 5.19 Å². The van der Waals surface area contributed by atoms with Gasteiger partial charge in [-0.25, -0.2) is 0 Å². The van der Waals surface area contributed by atoms with Gasteiger partial charge in [-0.1, -0.05) is 56.6 Å². The van der Waals surface area contributed by atoms with Crippen molar-refractivity contribution in [2.75, 3.05) is 13.1 Å². The average molecular weight is 329 g/mol.